The standard InChI is InChI=1S/C11H23N3/c1-5-10(2)9-14(4)7-6-11(8-12)13-3/h10-11,13H,5-7,9H2,1-4H3. The lowest BCUT2D eigenvalue weighted by molar-refractivity contribution is 0.273. The maximum atomic E-state index is 8.74. The summed E-state index contributed by atoms with van der Waals surface area (Å²) in [6.45, 7) is 6.59. The Balaban J connectivity index is 3.63. The minimum atomic E-state index is -0.00520. The Morgan fingerprint density at radius 3 is 2.57 bits per heavy atom. The predicted molar refractivity (Wildman–Crippen MR) is 60.0 cm³/mol. The first-order valence-corrected chi connectivity index (χ1v) is 5.39. The molecule has 0 aliphatic carbocycles. The van der Waals surface area contributed by atoms with Gasteiger partial charge in [0.25, 0.3) is 0 Å². The maximum Gasteiger partial charge on any atom is 0.0962 e. The van der Waals surface area contributed by atoms with Crippen molar-refractivity contribution in [1.82, 2.24) is 10.2 Å². The molecule has 0 aliphatic rings. The van der Waals surface area contributed by atoms with Crippen LogP contribution < -0.4 is 5.32 Å². The fraction of sp³-hybridized carbons (Fsp3) is 0.909. The van der Waals surface area contributed by atoms with Crippen LogP contribution in [0.25, 0.3) is 0 Å². The highest BCUT2D eigenvalue weighted by Gasteiger charge is 2.07. The number of hydrogen-bond acceptors (Lipinski definition) is 3. The molecule has 0 saturated heterocycles. The minimum Gasteiger partial charge on any atom is -0.306 e. The predicted octanol–water partition coefficient (Wildman–Crippen LogP) is 1.47. The van der Waals surface area contributed by atoms with E-state index in [1.165, 1.54) is 6.42 Å². The van der Waals surface area contributed by atoms with Gasteiger partial charge in [-0.1, -0.05) is 20.3 Å². The highest BCUT2D eigenvalue weighted by molar-refractivity contribution is 4.88. The lowest BCUT2D eigenvalue weighted by Gasteiger charge is -2.21. The molecule has 14 heavy (non-hydrogen) atoms. The largest absolute Gasteiger partial charge is 0.306 e. The molecule has 82 valence electrons. The fourth-order valence-corrected chi connectivity index (χ4v) is 1.38. The molecule has 0 bridgehead atoms. The van der Waals surface area contributed by atoms with Gasteiger partial charge >= 0.3 is 0 Å². The molecular weight excluding hydrogens is 174 g/mol. The third kappa shape index (κ3) is 5.95. The van der Waals surface area contributed by atoms with Crippen LogP contribution in [0, 0.1) is 17.2 Å². The molecule has 0 heterocycles. The van der Waals surface area contributed by atoms with E-state index in [2.05, 4.69) is 37.2 Å². The van der Waals surface area contributed by atoms with E-state index < -0.39 is 0 Å². The molecule has 0 amide bonds. The van der Waals surface area contributed by atoms with Gasteiger partial charge in [-0.15, -0.1) is 0 Å². The second-order valence-electron chi connectivity index (χ2n) is 4.03. The number of nitrogens with zero attached hydrogens (tertiary/aromatic N) is 2. The highest BCUT2D eigenvalue weighted by atomic mass is 15.1. The first-order valence-electron chi connectivity index (χ1n) is 5.39. The quantitative estimate of drug-likeness (QED) is 0.671. The van der Waals surface area contributed by atoms with Gasteiger partial charge in [0.2, 0.25) is 0 Å². The summed E-state index contributed by atoms with van der Waals surface area (Å²) in [4.78, 5) is 2.30. The second kappa shape index (κ2) is 7.78. The lowest BCUT2D eigenvalue weighted by Crippen LogP contribution is -2.31. The molecule has 0 aromatic heterocycles. The molecular formula is C11H23N3. The van der Waals surface area contributed by atoms with E-state index in [0.717, 1.165) is 25.4 Å². The summed E-state index contributed by atoms with van der Waals surface area (Å²) in [5.74, 6) is 0.745. The van der Waals surface area contributed by atoms with Crippen molar-refractivity contribution in [2.45, 2.75) is 32.7 Å². The summed E-state index contributed by atoms with van der Waals surface area (Å²) in [5.41, 5.74) is 0. The van der Waals surface area contributed by atoms with Crippen molar-refractivity contribution in [3.8, 4) is 6.07 Å². The smallest absolute Gasteiger partial charge is 0.0962 e. The van der Waals surface area contributed by atoms with E-state index in [4.69, 9.17) is 5.26 Å². The Labute approximate surface area is 88.1 Å². The summed E-state index contributed by atoms with van der Waals surface area (Å²) < 4.78 is 0. The van der Waals surface area contributed by atoms with Crippen LogP contribution in [-0.2, 0) is 0 Å². The first-order chi connectivity index (χ1) is 6.63. The summed E-state index contributed by atoms with van der Waals surface area (Å²) >= 11 is 0. The molecule has 3 nitrogen and oxygen atoms in total. The van der Waals surface area contributed by atoms with Gasteiger partial charge in [-0.2, -0.15) is 5.26 Å². The maximum absolute atomic E-state index is 8.74. The van der Waals surface area contributed by atoms with Crippen LogP contribution in [0.5, 0.6) is 0 Å². The number of rotatable bonds is 7. The average Bonchev–Trinajstić information content (AvgIpc) is 2.19. The van der Waals surface area contributed by atoms with Gasteiger partial charge in [0, 0.05) is 13.1 Å². The molecule has 0 spiro atoms. The van der Waals surface area contributed by atoms with E-state index in [1.807, 2.05) is 7.05 Å². The van der Waals surface area contributed by atoms with E-state index in [9.17, 15) is 0 Å². The zero-order valence-electron chi connectivity index (χ0n) is 9.88. The van der Waals surface area contributed by atoms with Crippen LogP contribution in [0.15, 0.2) is 0 Å². The Bertz CT molecular complexity index is 174. The number of nitrogens with one attached hydrogen (secondary N) is 1. The monoisotopic (exact) mass is 197 g/mol. The van der Waals surface area contributed by atoms with E-state index in [1.54, 1.807) is 0 Å². The average molecular weight is 197 g/mol. The third-order valence-electron chi connectivity index (χ3n) is 2.62. The third-order valence-corrected chi connectivity index (χ3v) is 2.62. The SMILES string of the molecule is CCC(C)CN(C)CCC(C#N)NC. The van der Waals surface area contributed by atoms with Crippen molar-refractivity contribution in [2.24, 2.45) is 5.92 Å². The van der Waals surface area contributed by atoms with Crippen LogP contribution in [0.4, 0.5) is 0 Å². The Kier molecular flexibility index (Phi) is 7.45. The van der Waals surface area contributed by atoms with Crippen LogP contribution in [0.1, 0.15) is 26.7 Å². The zero-order valence-corrected chi connectivity index (χ0v) is 9.88. The van der Waals surface area contributed by atoms with Crippen molar-refractivity contribution in [2.75, 3.05) is 27.2 Å². The van der Waals surface area contributed by atoms with Crippen LogP contribution in [-0.4, -0.2) is 38.1 Å². The van der Waals surface area contributed by atoms with Crippen molar-refractivity contribution >= 4 is 0 Å². The Morgan fingerprint density at radius 1 is 1.50 bits per heavy atom. The van der Waals surface area contributed by atoms with Gasteiger partial charge in [0.05, 0.1) is 12.1 Å². The van der Waals surface area contributed by atoms with Crippen LogP contribution >= 0.6 is 0 Å². The topological polar surface area (TPSA) is 39.1 Å². The molecule has 0 fully saturated rings. The summed E-state index contributed by atoms with van der Waals surface area (Å²) in [5, 5.41) is 11.7. The van der Waals surface area contributed by atoms with E-state index in [0.29, 0.717) is 0 Å². The molecule has 2 atom stereocenters. The van der Waals surface area contributed by atoms with Gasteiger partial charge in [-0.3, -0.25) is 0 Å². The van der Waals surface area contributed by atoms with Gasteiger partial charge in [0.15, 0.2) is 0 Å². The Hall–Kier alpha value is -0.590. The van der Waals surface area contributed by atoms with Gasteiger partial charge in [-0.05, 0) is 26.4 Å². The molecule has 0 aromatic carbocycles. The summed E-state index contributed by atoms with van der Waals surface area (Å²) in [7, 11) is 3.96. The Morgan fingerprint density at radius 2 is 2.14 bits per heavy atom. The van der Waals surface area contributed by atoms with Crippen molar-refractivity contribution in [3.63, 3.8) is 0 Å². The van der Waals surface area contributed by atoms with Crippen molar-refractivity contribution < 1.29 is 0 Å². The molecule has 0 aliphatic heterocycles. The van der Waals surface area contributed by atoms with Crippen LogP contribution in [0.2, 0.25) is 0 Å². The molecule has 0 saturated carbocycles. The molecule has 0 radical (unpaired) electrons. The first kappa shape index (κ1) is 13.4. The second-order valence-corrected chi connectivity index (χ2v) is 4.03. The van der Waals surface area contributed by atoms with Crippen LogP contribution in [0.3, 0.4) is 0 Å². The normalized spacial score (nSPS) is 15.1. The zero-order chi connectivity index (χ0) is 11.0. The number of nitriles is 1. The minimum absolute atomic E-state index is 0.00520. The molecule has 2 unspecified atom stereocenters. The lowest BCUT2D eigenvalue weighted by atomic mass is 10.1. The molecule has 1 N–H and O–H groups in total. The summed E-state index contributed by atoms with van der Waals surface area (Å²) in [6, 6.07) is 2.23. The highest BCUT2D eigenvalue weighted by Crippen LogP contribution is 2.03. The molecule has 0 rings (SSSR count). The van der Waals surface area contributed by atoms with Crippen molar-refractivity contribution in [3.05, 3.63) is 0 Å². The van der Waals surface area contributed by atoms with Crippen molar-refractivity contribution in [1.29, 1.82) is 5.26 Å². The molecule has 3 heteroatoms. The van der Waals surface area contributed by atoms with Gasteiger partial charge < -0.3 is 10.2 Å². The fourth-order valence-electron chi connectivity index (χ4n) is 1.38. The summed E-state index contributed by atoms with van der Waals surface area (Å²) in [6.07, 6.45) is 2.12. The molecule has 0 aromatic rings. The van der Waals surface area contributed by atoms with E-state index >= 15 is 0 Å². The van der Waals surface area contributed by atoms with Gasteiger partial charge in [0.1, 0.15) is 0 Å². The number of hydrogen-bond donors (Lipinski definition) is 1. The van der Waals surface area contributed by atoms with Gasteiger partial charge in [-0.25, -0.2) is 0 Å². The van der Waals surface area contributed by atoms with E-state index in [-0.39, 0.29) is 6.04 Å².